The van der Waals surface area contributed by atoms with E-state index in [0.29, 0.717) is 30.3 Å². The zero-order chi connectivity index (χ0) is 21.2. The number of rotatable bonds is 10. The summed E-state index contributed by atoms with van der Waals surface area (Å²) in [6.45, 7) is 4.59. The molecule has 1 N–H and O–H groups in total. The molecule has 0 fully saturated rings. The maximum absolute atomic E-state index is 13.0. The Labute approximate surface area is 185 Å². The lowest BCUT2D eigenvalue weighted by Gasteiger charge is -2.30. The van der Waals surface area contributed by atoms with Crippen molar-refractivity contribution in [1.82, 2.24) is 10.2 Å². The highest BCUT2D eigenvalue weighted by atomic mass is 79.9. The summed E-state index contributed by atoms with van der Waals surface area (Å²) in [7, 11) is 0. The van der Waals surface area contributed by atoms with E-state index in [9.17, 15) is 9.59 Å². The lowest BCUT2D eigenvalue weighted by molar-refractivity contribution is -0.143. The summed E-state index contributed by atoms with van der Waals surface area (Å²) in [6.07, 6.45) is 1.34. The largest absolute Gasteiger partial charge is 0.482 e. The first-order valence-corrected chi connectivity index (χ1v) is 10.8. The molecule has 2 aromatic carbocycles. The molecule has 2 rings (SSSR count). The first-order valence-electron chi connectivity index (χ1n) is 9.65. The Morgan fingerprint density at radius 1 is 1.17 bits per heavy atom. The minimum absolute atomic E-state index is 0.152. The fraction of sp³-hybridized carbons (Fsp3) is 0.364. The molecule has 0 saturated heterocycles. The number of halogens is 2. The van der Waals surface area contributed by atoms with Crippen molar-refractivity contribution in [2.75, 3.05) is 13.2 Å². The molecule has 0 bridgehead atoms. The zero-order valence-electron chi connectivity index (χ0n) is 16.7. The Morgan fingerprint density at radius 2 is 1.90 bits per heavy atom. The van der Waals surface area contributed by atoms with Crippen LogP contribution in [-0.4, -0.2) is 35.9 Å². The molecule has 0 radical (unpaired) electrons. The Morgan fingerprint density at radius 3 is 2.52 bits per heavy atom. The second kappa shape index (κ2) is 11.8. The summed E-state index contributed by atoms with van der Waals surface area (Å²) in [5.41, 5.74) is 0.948. The number of carbonyl (C=O) groups excluding carboxylic acids is 2. The predicted molar refractivity (Wildman–Crippen MR) is 119 cm³/mol. The van der Waals surface area contributed by atoms with Gasteiger partial charge in [0, 0.05) is 17.6 Å². The van der Waals surface area contributed by atoms with Crippen molar-refractivity contribution in [3.63, 3.8) is 0 Å². The summed E-state index contributed by atoms with van der Waals surface area (Å²) in [6, 6.07) is 14.2. The standard InChI is InChI=1S/C22H26BrClN2O3/c1-3-12-25-22(28)19(4-2)26(14-16-8-6-5-7-9-16)21(27)15-29-20-11-10-17(23)13-18(20)24/h5-11,13,19H,3-4,12,14-15H2,1-2H3,(H,25,28)/t19-/m1/s1. The van der Waals surface area contributed by atoms with Crippen molar-refractivity contribution >= 4 is 39.3 Å². The molecule has 0 aromatic heterocycles. The lowest BCUT2D eigenvalue weighted by Crippen LogP contribution is -2.50. The van der Waals surface area contributed by atoms with Crippen LogP contribution in [0.2, 0.25) is 5.02 Å². The normalized spacial score (nSPS) is 11.6. The second-order valence-corrected chi connectivity index (χ2v) is 7.91. The van der Waals surface area contributed by atoms with Crippen LogP contribution >= 0.6 is 27.5 Å². The van der Waals surface area contributed by atoms with E-state index in [-0.39, 0.29) is 18.4 Å². The van der Waals surface area contributed by atoms with E-state index < -0.39 is 6.04 Å². The number of benzene rings is 2. The fourth-order valence-corrected chi connectivity index (χ4v) is 3.61. The van der Waals surface area contributed by atoms with Crippen LogP contribution in [0.4, 0.5) is 0 Å². The van der Waals surface area contributed by atoms with Gasteiger partial charge in [-0.05, 0) is 36.6 Å². The van der Waals surface area contributed by atoms with Gasteiger partial charge < -0.3 is 15.0 Å². The first kappa shape index (κ1) is 23.2. The third-order valence-electron chi connectivity index (χ3n) is 4.38. The van der Waals surface area contributed by atoms with Gasteiger partial charge in [-0.15, -0.1) is 0 Å². The summed E-state index contributed by atoms with van der Waals surface area (Å²) in [5.74, 6) is -0.00185. The number of carbonyl (C=O) groups is 2. The summed E-state index contributed by atoms with van der Waals surface area (Å²) in [4.78, 5) is 27.3. The van der Waals surface area contributed by atoms with Gasteiger partial charge in [-0.1, -0.05) is 71.7 Å². The molecule has 2 amide bonds. The van der Waals surface area contributed by atoms with Gasteiger partial charge in [0.05, 0.1) is 5.02 Å². The lowest BCUT2D eigenvalue weighted by atomic mass is 10.1. The molecular weight excluding hydrogens is 456 g/mol. The topological polar surface area (TPSA) is 58.6 Å². The van der Waals surface area contributed by atoms with E-state index in [2.05, 4.69) is 21.2 Å². The average Bonchev–Trinajstić information content (AvgIpc) is 2.72. The van der Waals surface area contributed by atoms with E-state index >= 15 is 0 Å². The number of amides is 2. The van der Waals surface area contributed by atoms with Gasteiger partial charge in [-0.25, -0.2) is 0 Å². The van der Waals surface area contributed by atoms with E-state index in [0.717, 1.165) is 16.5 Å². The minimum Gasteiger partial charge on any atom is -0.482 e. The van der Waals surface area contributed by atoms with Crippen LogP contribution in [0.5, 0.6) is 5.75 Å². The average molecular weight is 482 g/mol. The van der Waals surface area contributed by atoms with Gasteiger partial charge in [0.2, 0.25) is 5.91 Å². The molecule has 1 atom stereocenters. The van der Waals surface area contributed by atoms with Crippen LogP contribution in [0.1, 0.15) is 32.3 Å². The van der Waals surface area contributed by atoms with Crippen LogP contribution in [0.15, 0.2) is 53.0 Å². The van der Waals surface area contributed by atoms with Crippen LogP contribution < -0.4 is 10.1 Å². The fourth-order valence-electron chi connectivity index (χ4n) is 2.88. The first-order chi connectivity index (χ1) is 14.0. The van der Waals surface area contributed by atoms with Crippen LogP contribution in [-0.2, 0) is 16.1 Å². The molecular formula is C22H26BrClN2O3. The minimum atomic E-state index is -0.571. The van der Waals surface area contributed by atoms with Gasteiger partial charge in [-0.2, -0.15) is 0 Å². The SMILES string of the molecule is CCCNC(=O)[C@@H](CC)N(Cc1ccccc1)C(=O)COc1ccc(Br)cc1Cl. The van der Waals surface area contributed by atoms with Crippen LogP contribution in [0, 0.1) is 0 Å². The van der Waals surface area contributed by atoms with E-state index in [1.54, 1.807) is 23.1 Å². The number of hydrogen-bond donors (Lipinski definition) is 1. The smallest absolute Gasteiger partial charge is 0.261 e. The van der Waals surface area contributed by atoms with E-state index in [1.807, 2.05) is 44.2 Å². The van der Waals surface area contributed by atoms with E-state index in [4.69, 9.17) is 16.3 Å². The van der Waals surface area contributed by atoms with E-state index in [1.165, 1.54) is 0 Å². The Kier molecular flexibility index (Phi) is 9.48. The molecule has 0 aliphatic heterocycles. The third-order valence-corrected chi connectivity index (χ3v) is 5.16. The summed E-state index contributed by atoms with van der Waals surface area (Å²) < 4.78 is 6.48. The number of hydrogen-bond acceptors (Lipinski definition) is 3. The third kappa shape index (κ3) is 7.05. The van der Waals surface area contributed by atoms with Gasteiger partial charge in [0.1, 0.15) is 11.8 Å². The van der Waals surface area contributed by atoms with Gasteiger partial charge in [-0.3, -0.25) is 9.59 Å². The predicted octanol–water partition coefficient (Wildman–Crippen LogP) is 4.81. The van der Waals surface area contributed by atoms with Gasteiger partial charge in [0.25, 0.3) is 5.91 Å². The van der Waals surface area contributed by atoms with Gasteiger partial charge in [0.15, 0.2) is 6.61 Å². The molecule has 0 aliphatic rings. The molecule has 7 heteroatoms. The second-order valence-electron chi connectivity index (χ2n) is 6.59. The maximum atomic E-state index is 13.0. The quantitative estimate of drug-likeness (QED) is 0.529. The Balaban J connectivity index is 2.17. The molecule has 0 unspecified atom stereocenters. The highest BCUT2D eigenvalue weighted by Gasteiger charge is 2.28. The van der Waals surface area contributed by atoms with Crippen LogP contribution in [0.3, 0.4) is 0 Å². The highest BCUT2D eigenvalue weighted by Crippen LogP contribution is 2.27. The van der Waals surface area contributed by atoms with Crippen molar-refractivity contribution in [2.45, 2.75) is 39.3 Å². The molecule has 5 nitrogen and oxygen atoms in total. The highest BCUT2D eigenvalue weighted by molar-refractivity contribution is 9.10. The van der Waals surface area contributed by atoms with Gasteiger partial charge >= 0.3 is 0 Å². The maximum Gasteiger partial charge on any atom is 0.261 e. The van der Waals surface area contributed by atoms with Crippen molar-refractivity contribution < 1.29 is 14.3 Å². The van der Waals surface area contributed by atoms with Crippen molar-refractivity contribution in [1.29, 1.82) is 0 Å². The van der Waals surface area contributed by atoms with Crippen molar-refractivity contribution in [2.24, 2.45) is 0 Å². The molecule has 0 heterocycles. The molecule has 0 spiro atoms. The molecule has 0 saturated carbocycles. The molecule has 156 valence electrons. The monoisotopic (exact) mass is 480 g/mol. The molecule has 0 aliphatic carbocycles. The van der Waals surface area contributed by atoms with Crippen molar-refractivity contribution in [3.05, 3.63) is 63.6 Å². The molecule has 2 aromatic rings. The molecule has 29 heavy (non-hydrogen) atoms. The Hall–Kier alpha value is -2.05. The van der Waals surface area contributed by atoms with Crippen molar-refractivity contribution in [3.8, 4) is 5.75 Å². The Bertz CT molecular complexity index is 817. The number of nitrogens with one attached hydrogen (secondary N) is 1. The summed E-state index contributed by atoms with van der Waals surface area (Å²) >= 11 is 9.52. The zero-order valence-corrected chi connectivity index (χ0v) is 19.0. The van der Waals surface area contributed by atoms with Crippen LogP contribution in [0.25, 0.3) is 0 Å². The summed E-state index contributed by atoms with van der Waals surface area (Å²) in [5, 5.41) is 3.31. The number of ether oxygens (including phenoxy) is 1. The number of nitrogens with zero attached hydrogens (tertiary/aromatic N) is 1.